The molecule has 0 amide bonds. The van der Waals surface area contributed by atoms with Crippen molar-refractivity contribution in [3.63, 3.8) is 0 Å². The summed E-state index contributed by atoms with van der Waals surface area (Å²) in [6.07, 6.45) is 2.47. The highest BCUT2D eigenvalue weighted by atomic mass is 16.1. The van der Waals surface area contributed by atoms with Crippen LogP contribution in [0.15, 0.2) is 42.0 Å². The highest BCUT2D eigenvalue weighted by molar-refractivity contribution is 6.05. The van der Waals surface area contributed by atoms with Gasteiger partial charge in [0, 0.05) is 24.2 Å². The van der Waals surface area contributed by atoms with Crippen molar-refractivity contribution in [2.75, 3.05) is 18.0 Å². The number of carbonyl (C=O) groups is 1. The van der Waals surface area contributed by atoms with Gasteiger partial charge in [0.2, 0.25) is 0 Å². The summed E-state index contributed by atoms with van der Waals surface area (Å²) < 4.78 is 0. The molecule has 1 aliphatic heterocycles. The molecule has 3 heteroatoms. The zero-order chi connectivity index (χ0) is 16.4. The van der Waals surface area contributed by atoms with Gasteiger partial charge in [0.25, 0.3) is 0 Å². The van der Waals surface area contributed by atoms with Crippen molar-refractivity contribution >= 4 is 27.8 Å². The van der Waals surface area contributed by atoms with Gasteiger partial charge in [0.1, 0.15) is 6.07 Å². The zero-order valence-corrected chi connectivity index (χ0v) is 13.6. The number of nitriles is 1. The lowest BCUT2D eigenvalue weighted by atomic mass is 9.96. The molecule has 0 saturated carbocycles. The molecule has 1 fully saturated rings. The predicted molar refractivity (Wildman–Crippen MR) is 94.3 cm³/mol. The van der Waals surface area contributed by atoms with Gasteiger partial charge in [0.05, 0.1) is 5.57 Å². The SMILES string of the molecule is CC(=O)/C(C#N)=C(\C)c1ccc2cccc(N3CCCC3)c2c1. The second kappa shape index (κ2) is 6.26. The summed E-state index contributed by atoms with van der Waals surface area (Å²) in [6, 6.07) is 14.6. The van der Waals surface area contributed by atoms with E-state index in [9.17, 15) is 10.1 Å². The summed E-state index contributed by atoms with van der Waals surface area (Å²) in [5, 5.41) is 11.6. The molecule has 116 valence electrons. The molecular formula is C20H20N2O. The summed E-state index contributed by atoms with van der Waals surface area (Å²) in [5.74, 6) is -0.182. The molecule has 1 saturated heterocycles. The number of ketones is 1. The highest BCUT2D eigenvalue weighted by Crippen LogP contribution is 2.32. The lowest BCUT2D eigenvalue weighted by molar-refractivity contribution is -0.113. The largest absolute Gasteiger partial charge is 0.371 e. The van der Waals surface area contributed by atoms with E-state index in [4.69, 9.17) is 0 Å². The van der Waals surface area contributed by atoms with Crippen LogP contribution in [-0.4, -0.2) is 18.9 Å². The van der Waals surface area contributed by atoms with Crippen LogP contribution >= 0.6 is 0 Å². The number of benzene rings is 2. The van der Waals surface area contributed by atoms with Crippen molar-refractivity contribution < 1.29 is 4.79 Å². The smallest absolute Gasteiger partial charge is 0.170 e. The minimum Gasteiger partial charge on any atom is -0.371 e. The Morgan fingerprint density at radius 1 is 1.13 bits per heavy atom. The molecule has 2 aromatic carbocycles. The first kappa shape index (κ1) is 15.3. The number of allylic oxidation sites excluding steroid dienone is 2. The molecule has 0 spiro atoms. The Hall–Kier alpha value is -2.60. The third kappa shape index (κ3) is 2.85. The molecule has 3 nitrogen and oxygen atoms in total. The number of nitrogens with zero attached hydrogens (tertiary/aromatic N) is 2. The van der Waals surface area contributed by atoms with Gasteiger partial charge in [-0.05, 0) is 55.3 Å². The minimum atomic E-state index is -0.182. The minimum absolute atomic E-state index is 0.182. The topological polar surface area (TPSA) is 44.1 Å². The predicted octanol–water partition coefficient (Wildman–Crippen LogP) is 4.33. The normalized spacial score (nSPS) is 15.4. The van der Waals surface area contributed by atoms with Crippen LogP contribution < -0.4 is 4.90 Å². The van der Waals surface area contributed by atoms with E-state index >= 15 is 0 Å². The average molecular weight is 304 g/mol. The van der Waals surface area contributed by atoms with Gasteiger partial charge in [-0.25, -0.2) is 0 Å². The van der Waals surface area contributed by atoms with Gasteiger partial charge in [-0.2, -0.15) is 5.26 Å². The van der Waals surface area contributed by atoms with E-state index < -0.39 is 0 Å². The third-order valence-corrected chi connectivity index (χ3v) is 4.58. The molecule has 1 aliphatic rings. The molecule has 0 N–H and O–H groups in total. The van der Waals surface area contributed by atoms with E-state index in [-0.39, 0.29) is 11.4 Å². The Balaban J connectivity index is 2.16. The number of carbonyl (C=O) groups excluding carboxylic acids is 1. The number of hydrogen-bond donors (Lipinski definition) is 0. The van der Waals surface area contributed by atoms with Crippen molar-refractivity contribution in [1.29, 1.82) is 5.26 Å². The first-order valence-electron chi connectivity index (χ1n) is 8.02. The molecule has 0 radical (unpaired) electrons. The van der Waals surface area contributed by atoms with E-state index in [0.717, 1.165) is 24.2 Å². The fourth-order valence-electron chi connectivity index (χ4n) is 3.29. The van der Waals surface area contributed by atoms with Gasteiger partial charge in [-0.15, -0.1) is 0 Å². The van der Waals surface area contributed by atoms with E-state index in [1.165, 1.54) is 36.2 Å². The van der Waals surface area contributed by atoms with Crippen molar-refractivity contribution in [1.82, 2.24) is 0 Å². The number of Topliss-reactive ketones (excluding diaryl/α,β-unsaturated/α-hetero) is 1. The maximum Gasteiger partial charge on any atom is 0.170 e. The van der Waals surface area contributed by atoms with Crippen LogP contribution in [0.2, 0.25) is 0 Å². The molecule has 0 aliphatic carbocycles. The summed E-state index contributed by atoms with van der Waals surface area (Å²) in [5.41, 5.74) is 3.17. The van der Waals surface area contributed by atoms with Gasteiger partial charge in [0.15, 0.2) is 5.78 Å². The van der Waals surface area contributed by atoms with E-state index in [1.54, 1.807) is 0 Å². The molecule has 0 atom stereocenters. The van der Waals surface area contributed by atoms with Crippen molar-refractivity contribution in [3.8, 4) is 6.07 Å². The first-order chi connectivity index (χ1) is 11.1. The summed E-state index contributed by atoms with van der Waals surface area (Å²) in [6.45, 7) is 5.47. The lowest BCUT2D eigenvalue weighted by Gasteiger charge is -2.20. The lowest BCUT2D eigenvalue weighted by Crippen LogP contribution is -2.17. The molecule has 0 aromatic heterocycles. The molecule has 2 aromatic rings. The Bertz CT molecular complexity index is 836. The van der Waals surface area contributed by atoms with E-state index in [0.29, 0.717) is 0 Å². The molecule has 3 rings (SSSR count). The zero-order valence-electron chi connectivity index (χ0n) is 13.6. The van der Waals surface area contributed by atoms with Crippen molar-refractivity contribution in [2.45, 2.75) is 26.7 Å². The highest BCUT2D eigenvalue weighted by Gasteiger charge is 2.16. The quantitative estimate of drug-likeness (QED) is 0.626. The van der Waals surface area contributed by atoms with Gasteiger partial charge in [-0.1, -0.05) is 24.3 Å². The van der Waals surface area contributed by atoms with Gasteiger partial charge in [-0.3, -0.25) is 4.79 Å². The molecule has 23 heavy (non-hydrogen) atoms. The standard InChI is InChI=1S/C20H20N2O/c1-14(19(13-21)15(2)23)17-9-8-16-6-5-7-20(18(16)12-17)22-10-3-4-11-22/h5-9,12H,3-4,10-11H2,1-2H3/b19-14+. The number of anilines is 1. The monoisotopic (exact) mass is 304 g/mol. The van der Waals surface area contributed by atoms with Crippen LogP contribution in [-0.2, 0) is 4.79 Å². The fourth-order valence-corrected chi connectivity index (χ4v) is 3.29. The molecule has 0 bridgehead atoms. The van der Waals surface area contributed by atoms with Crippen molar-refractivity contribution in [3.05, 3.63) is 47.5 Å². The van der Waals surface area contributed by atoms with Crippen LogP contribution in [0, 0.1) is 11.3 Å². The van der Waals surface area contributed by atoms with Crippen LogP contribution in [0.3, 0.4) is 0 Å². The first-order valence-corrected chi connectivity index (χ1v) is 8.02. The van der Waals surface area contributed by atoms with Crippen LogP contribution in [0.5, 0.6) is 0 Å². The average Bonchev–Trinajstić information content (AvgIpc) is 3.08. The maximum atomic E-state index is 11.6. The van der Waals surface area contributed by atoms with Crippen LogP contribution in [0.4, 0.5) is 5.69 Å². The maximum absolute atomic E-state index is 11.6. The van der Waals surface area contributed by atoms with Gasteiger partial charge >= 0.3 is 0 Å². The van der Waals surface area contributed by atoms with Crippen LogP contribution in [0.1, 0.15) is 32.3 Å². The Morgan fingerprint density at radius 3 is 2.52 bits per heavy atom. The van der Waals surface area contributed by atoms with Crippen LogP contribution in [0.25, 0.3) is 16.3 Å². The number of rotatable bonds is 3. The number of hydrogen-bond acceptors (Lipinski definition) is 3. The fraction of sp³-hybridized carbons (Fsp3) is 0.300. The molecule has 1 heterocycles. The van der Waals surface area contributed by atoms with Crippen molar-refractivity contribution in [2.24, 2.45) is 0 Å². The second-order valence-corrected chi connectivity index (χ2v) is 6.08. The Morgan fingerprint density at radius 2 is 1.87 bits per heavy atom. The molecular weight excluding hydrogens is 284 g/mol. The van der Waals surface area contributed by atoms with E-state index in [1.807, 2.05) is 19.1 Å². The summed E-state index contributed by atoms with van der Waals surface area (Å²) >= 11 is 0. The van der Waals surface area contributed by atoms with E-state index in [2.05, 4.69) is 35.2 Å². The summed E-state index contributed by atoms with van der Waals surface area (Å²) in [7, 11) is 0. The third-order valence-electron chi connectivity index (χ3n) is 4.58. The summed E-state index contributed by atoms with van der Waals surface area (Å²) in [4.78, 5) is 14.1. The molecule has 0 unspecified atom stereocenters. The Labute approximate surface area is 136 Å². The second-order valence-electron chi connectivity index (χ2n) is 6.08. The number of fused-ring (bicyclic) bond motifs is 1. The Kier molecular flexibility index (Phi) is 4.16. The van der Waals surface area contributed by atoms with Gasteiger partial charge < -0.3 is 4.90 Å².